The fraction of sp³-hybridized carbons (Fsp3) is 0.364. The molecule has 2 nitrogen and oxygen atoms in total. The van der Waals surface area contributed by atoms with E-state index in [9.17, 15) is 0 Å². The van der Waals surface area contributed by atoms with Crippen molar-refractivity contribution >= 4 is 11.6 Å². The van der Waals surface area contributed by atoms with Crippen LogP contribution in [0.4, 0.5) is 0 Å². The number of aryl methyl sites for hydroxylation is 1. The van der Waals surface area contributed by atoms with Crippen LogP contribution in [0.15, 0.2) is 18.2 Å². The molecule has 3 heteroatoms. The van der Waals surface area contributed by atoms with Gasteiger partial charge in [-0.2, -0.15) is 5.26 Å². The fourth-order valence-corrected chi connectivity index (χ4v) is 1.21. The van der Waals surface area contributed by atoms with Gasteiger partial charge < -0.3 is 4.74 Å². The topological polar surface area (TPSA) is 33.0 Å². The Kier molecular flexibility index (Phi) is 3.79. The summed E-state index contributed by atoms with van der Waals surface area (Å²) in [6, 6.07) is 7.54. The summed E-state index contributed by atoms with van der Waals surface area (Å²) in [7, 11) is 0. The smallest absolute Gasteiger partial charge is 0.120 e. The zero-order valence-corrected chi connectivity index (χ0v) is 9.01. The minimum absolute atomic E-state index is 0.0828. The van der Waals surface area contributed by atoms with E-state index in [1.54, 1.807) is 6.07 Å². The summed E-state index contributed by atoms with van der Waals surface area (Å²) >= 11 is 5.87. The van der Waals surface area contributed by atoms with E-state index in [4.69, 9.17) is 21.6 Å². The molecule has 1 aromatic rings. The van der Waals surface area contributed by atoms with E-state index in [-0.39, 0.29) is 6.10 Å². The average molecular weight is 210 g/mol. The molecule has 1 unspecified atom stereocenters. The third kappa shape index (κ3) is 2.93. The first kappa shape index (κ1) is 10.9. The first-order valence-corrected chi connectivity index (χ1v) is 4.81. The third-order valence-corrected chi connectivity index (χ3v) is 2.27. The molecular formula is C11H12ClNO. The molecule has 0 N–H and O–H groups in total. The first-order chi connectivity index (χ1) is 6.63. The second kappa shape index (κ2) is 4.88. The molecule has 74 valence electrons. The number of ether oxygens (including phenoxy) is 1. The fourth-order valence-electron chi connectivity index (χ4n) is 1.09. The van der Waals surface area contributed by atoms with Gasteiger partial charge in [0.05, 0.1) is 12.5 Å². The Hall–Kier alpha value is -1.20. The highest BCUT2D eigenvalue weighted by Gasteiger charge is 2.04. The minimum atomic E-state index is -0.0828. The van der Waals surface area contributed by atoms with E-state index >= 15 is 0 Å². The van der Waals surface area contributed by atoms with Crippen molar-refractivity contribution in [3.63, 3.8) is 0 Å². The van der Waals surface area contributed by atoms with Crippen molar-refractivity contribution in [1.29, 1.82) is 5.26 Å². The van der Waals surface area contributed by atoms with E-state index in [1.165, 1.54) is 0 Å². The minimum Gasteiger partial charge on any atom is -0.490 e. The highest BCUT2D eigenvalue weighted by molar-refractivity contribution is 6.31. The normalized spacial score (nSPS) is 11.9. The Morgan fingerprint density at radius 2 is 2.29 bits per heavy atom. The second-order valence-electron chi connectivity index (χ2n) is 3.20. The molecule has 0 aliphatic heterocycles. The van der Waals surface area contributed by atoms with Crippen molar-refractivity contribution in [3.05, 3.63) is 28.8 Å². The molecule has 1 aromatic carbocycles. The van der Waals surface area contributed by atoms with Gasteiger partial charge in [0.15, 0.2) is 0 Å². The van der Waals surface area contributed by atoms with Crippen molar-refractivity contribution < 1.29 is 4.74 Å². The van der Waals surface area contributed by atoms with Gasteiger partial charge in [0.25, 0.3) is 0 Å². The van der Waals surface area contributed by atoms with E-state index in [0.29, 0.717) is 6.42 Å². The van der Waals surface area contributed by atoms with Gasteiger partial charge in [0.2, 0.25) is 0 Å². The summed E-state index contributed by atoms with van der Waals surface area (Å²) in [5, 5.41) is 9.19. The number of hydrogen-bond donors (Lipinski definition) is 0. The lowest BCUT2D eigenvalue weighted by molar-refractivity contribution is 0.227. The Morgan fingerprint density at radius 3 is 2.86 bits per heavy atom. The Labute approximate surface area is 89.1 Å². The van der Waals surface area contributed by atoms with Crippen LogP contribution in [0, 0.1) is 18.3 Å². The van der Waals surface area contributed by atoms with Gasteiger partial charge in [-0.3, -0.25) is 0 Å². The molecule has 14 heavy (non-hydrogen) atoms. The van der Waals surface area contributed by atoms with Crippen LogP contribution < -0.4 is 4.74 Å². The molecule has 0 heterocycles. The molecule has 0 saturated carbocycles. The third-order valence-electron chi connectivity index (χ3n) is 1.85. The highest BCUT2D eigenvalue weighted by Crippen LogP contribution is 2.22. The van der Waals surface area contributed by atoms with E-state index < -0.39 is 0 Å². The number of benzene rings is 1. The zero-order chi connectivity index (χ0) is 10.6. The molecule has 0 spiro atoms. The summed E-state index contributed by atoms with van der Waals surface area (Å²) in [6.45, 7) is 3.79. The average Bonchev–Trinajstić information content (AvgIpc) is 2.12. The molecular weight excluding hydrogens is 198 g/mol. The van der Waals surface area contributed by atoms with Crippen molar-refractivity contribution in [1.82, 2.24) is 0 Å². The van der Waals surface area contributed by atoms with E-state index in [0.717, 1.165) is 16.3 Å². The van der Waals surface area contributed by atoms with Crippen LogP contribution in [0.2, 0.25) is 5.02 Å². The van der Waals surface area contributed by atoms with E-state index in [2.05, 4.69) is 6.07 Å². The van der Waals surface area contributed by atoms with Crippen molar-refractivity contribution in [2.24, 2.45) is 0 Å². The lowest BCUT2D eigenvalue weighted by Crippen LogP contribution is -2.10. The van der Waals surface area contributed by atoms with Crippen molar-refractivity contribution in [3.8, 4) is 11.8 Å². The molecule has 0 fully saturated rings. The number of nitriles is 1. The van der Waals surface area contributed by atoms with Gasteiger partial charge in [-0.05, 0) is 37.6 Å². The maximum absolute atomic E-state index is 8.46. The standard InChI is InChI=1S/C11H12ClNO/c1-8-7-10(3-4-11(8)12)14-9(2)5-6-13/h3-4,7,9H,5H2,1-2H3. The summed E-state index contributed by atoms with van der Waals surface area (Å²) in [6.07, 6.45) is 0.308. The summed E-state index contributed by atoms with van der Waals surface area (Å²) in [5.74, 6) is 0.759. The predicted octanol–water partition coefficient (Wildman–Crippen LogP) is 3.33. The number of hydrogen-bond acceptors (Lipinski definition) is 2. The molecule has 1 atom stereocenters. The largest absolute Gasteiger partial charge is 0.490 e. The van der Waals surface area contributed by atoms with Crippen LogP contribution >= 0.6 is 11.6 Å². The Bertz CT molecular complexity index is 357. The highest BCUT2D eigenvalue weighted by atomic mass is 35.5. The molecule has 1 rings (SSSR count). The molecule has 0 aromatic heterocycles. The van der Waals surface area contributed by atoms with Gasteiger partial charge in [0.1, 0.15) is 11.9 Å². The van der Waals surface area contributed by atoms with Crippen LogP contribution in [0.3, 0.4) is 0 Å². The monoisotopic (exact) mass is 209 g/mol. The first-order valence-electron chi connectivity index (χ1n) is 4.43. The van der Waals surface area contributed by atoms with Gasteiger partial charge in [0, 0.05) is 5.02 Å². The van der Waals surface area contributed by atoms with Crippen LogP contribution in [0.5, 0.6) is 5.75 Å². The van der Waals surface area contributed by atoms with Crippen molar-refractivity contribution in [2.45, 2.75) is 26.4 Å². The predicted molar refractivity (Wildman–Crippen MR) is 56.5 cm³/mol. The lowest BCUT2D eigenvalue weighted by Gasteiger charge is -2.12. The quantitative estimate of drug-likeness (QED) is 0.765. The zero-order valence-electron chi connectivity index (χ0n) is 8.25. The molecule has 0 saturated heterocycles. The summed E-state index contributed by atoms with van der Waals surface area (Å²) in [5.41, 5.74) is 0.980. The molecule has 0 aliphatic rings. The van der Waals surface area contributed by atoms with Crippen LogP contribution in [-0.2, 0) is 0 Å². The van der Waals surface area contributed by atoms with Gasteiger partial charge >= 0.3 is 0 Å². The number of nitrogens with zero attached hydrogens (tertiary/aromatic N) is 1. The van der Waals surface area contributed by atoms with E-state index in [1.807, 2.05) is 26.0 Å². The van der Waals surface area contributed by atoms with Crippen molar-refractivity contribution in [2.75, 3.05) is 0 Å². The molecule has 0 amide bonds. The molecule has 0 bridgehead atoms. The Balaban J connectivity index is 2.69. The number of rotatable bonds is 3. The van der Waals surface area contributed by atoms with Gasteiger partial charge in [-0.25, -0.2) is 0 Å². The number of halogens is 1. The maximum atomic E-state index is 8.46. The summed E-state index contributed by atoms with van der Waals surface area (Å²) < 4.78 is 5.51. The molecule has 0 aliphatic carbocycles. The van der Waals surface area contributed by atoms with Crippen LogP contribution in [0.1, 0.15) is 18.9 Å². The van der Waals surface area contributed by atoms with Crippen LogP contribution in [0.25, 0.3) is 0 Å². The van der Waals surface area contributed by atoms with Gasteiger partial charge in [-0.1, -0.05) is 11.6 Å². The van der Waals surface area contributed by atoms with Gasteiger partial charge in [-0.15, -0.1) is 0 Å². The lowest BCUT2D eigenvalue weighted by atomic mass is 10.2. The Morgan fingerprint density at radius 1 is 1.57 bits per heavy atom. The second-order valence-corrected chi connectivity index (χ2v) is 3.61. The van der Waals surface area contributed by atoms with Crippen LogP contribution in [-0.4, -0.2) is 6.10 Å². The summed E-state index contributed by atoms with van der Waals surface area (Å²) in [4.78, 5) is 0. The SMILES string of the molecule is Cc1cc(OC(C)CC#N)ccc1Cl. The maximum Gasteiger partial charge on any atom is 0.120 e. The molecule has 0 radical (unpaired) electrons.